The number of anilines is 1. The van der Waals surface area contributed by atoms with Gasteiger partial charge in [-0.25, -0.2) is 9.78 Å². The third-order valence-electron chi connectivity index (χ3n) is 4.20. The average Bonchev–Trinajstić information content (AvgIpc) is 3.32. The van der Waals surface area contributed by atoms with E-state index in [1.165, 1.54) is 18.6 Å². The lowest BCUT2D eigenvalue weighted by atomic mass is 10.1. The first-order valence-corrected chi connectivity index (χ1v) is 9.67. The maximum Gasteiger partial charge on any atom is 0.438 e. The molecule has 2 aromatic rings. The first-order valence-electron chi connectivity index (χ1n) is 8.79. The Morgan fingerprint density at radius 1 is 1.33 bits per heavy atom. The Bertz CT molecular complexity index is 972. The quantitative estimate of drug-likeness (QED) is 0.686. The third kappa shape index (κ3) is 4.31. The molecule has 1 aliphatic rings. The fourth-order valence-corrected chi connectivity index (χ4v) is 3.46. The lowest BCUT2D eigenvalue weighted by Gasteiger charge is -2.32. The van der Waals surface area contributed by atoms with Crippen LogP contribution in [0.1, 0.15) is 29.4 Å². The molecule has 0 radical (unpaired) electrons. The number of hydrogen-bond acceptors (Lipinski definition) is 8. The summed E-state index contributed by atoms with van der Waals surface area (Å²) in [5.41, 5.74) is -2.72. The van der Waals surface area contributed by atoms with Crippen molar-refractivity contribution in [1.29, 1.82) is 0 Å². The summed E-state index contributed by atoms with van der Waals surface area (Å²) in [6, 6.07) is 6.87. The van der Waals surface area contributed by atoms with E-state index in [0.29, 0.717) is 16.3 Å². The Balaban J connectivity index is 1.89. The van der Waals surface area contributed by atoms with Gasteiger partial charge in [-0.15, -0.1) is 11.3 Å². The van der Waals surface area contributed by atoms with Crippen LogP contribution < -0.4 is 9.75 Å². The molecule has 0 saturated heterocycles. The van der Waals surface area contributed by atoms with Gasteiger partial charge in [0.1, 0.15) is 5.75 Å². The molecule has 0 unspecified atom stereocenters. The van der Waals surface area contributed by atoms with Gasteiger partial charge in [0.15, 0.2) is 5.69 Å². The summed E-state index contributed by atoms with van der Waals surface area (Å²) in [4.78, 5) is 15.6. The summed E-state index contributed by atoms with van der Waals surface area (Å²) in [6.45, 7) is 1.69. The van der Waals surface area contributed by atoms with E-state index >= 15 is 0 Å². The number of nitrogens with zero attached hydrogens (tertiary/aromatic N) is 3. The van der Waals surface area contributed by atoms with Crippen molar-refractivity contribution in [3.8, 4) is 5.75 Å². The van der Waals surface area contributed by atoms with Crippen molar-refractivity contribution in [2.75, 3.05) is 18.7 Å². The number of methoxy groups -OCH3 is 1. The minimum atomic E-state index is -5.01. The predicted molar refractivity (Wildman–Crippen MR) is 106 cm³/mol. The molecule has 1 aliphatic heterocycles. The van der Waals surface area contributed by atoms with E-state index in [0.717, 1.165) is 11.3 Å². The molecule has 3 rings (SSSR count). The van der Waals surface area contributed by atoms with Crippen molar-refractivity contribution in [2.24, 2.45) is 5.10 Å². The highest BCUT2D eigenvalue weighted by atomic mass is 32.1. The Morgan fingerprint density at radius 2 is 2.03 bits per heavy atom. The standard InChI is InChI=1S/C19H18F3N3O4S/c1-3-29-16(26)15-11-30-17(23-15)25-18(27,19(20,21)22)10-13(24-25)7-4-12-5-8-14(28-2)9-6-12/h4-9,11,27H,3,10H2,1-2H3/b7-4+/t18-/m1/s1. The highest BCUT2D eigenvalue weighted by Crippen LogP contribution is 2.43. The van der Waals surface area contributed by atoms with Gasteiger partial charge in [0.25, 0.3) is 5.72 Å². The van der Waals surface area contributed by atoms with Crippen molar-refractivity contribution < 1.29 is 32.5 Å². The first-order chi connectivity index (χ1) is 14.2. The molecule has 1 N–H and O–H groups in total. The Hall–Kier alpha value is -2.92. The molecule has 2 heterocycles. The Labute approximate surface area is 174 Å². The largest absolute Gasteiger partial charge is 0.497 e. The molecule has 1 aromatic carbocycles. The molecule has 0 bridgehead atoms. The lowest BCUT2D eigenvalue weighted by molar-refractivity contribution is -0.254. The van der Waals surface area contributed by atoms with E-state index in [2.05, 4.69) is 10.1 Å². The SMILES string of the molecule is CCOC(=O)c1csc(N2N=C(/C=C/c3ccc(OC)cc3)C[C@@]2(O)C(F)(F)F)n1. The van der Waals surface area contributed by atoms with Crippen molar-refractivity contribution in [2.45, 2.75) is 25.2 Å². The average molecular weight is 441 g/mol. The molecule has 7 nitrogen and oxygen atoms in total. The predicted octanol–water partition coefficient (Wildman–Crippen LogP) is 3.86. The number of aromatic nitrogens is 1. The van der Waals surface area contributed by atoms with Gasteiger partial charge in [-0.1, -0.05) is 18.2 Å². The number of carbonyl (C=O) groups is 1. The molecule has 1 aromatic heterocycles. The zero-order valence-corrected chi connectivity index (χ0v) is 16.8. The third-order valence-corrected chi connectivity index (χ3v) is 5.02. The molecule has 1 atom stereocenters. The number of alkyl halides is 3. The zero-order chi connectivity index (χ0) is 21.9. The number of carbonyl (C=O) groups excluding carboxylic acids is 1. The monoisotopic (exact) mass is 441 g/mol. The number of allylic oxidation sites excluding steroid dienone is 1. The van der Waals surface area contributed by atoms with Gasteiger partial charge >= 0.3 is 12.1 Å². The van der Waals surface area contributed by atoms with Gasteiger partial charge in [-0.05, 0) is 30.7 Å². The lowest BCUT2D eigenvalue weighted by Crippen LogP contribution is -2.55. The zero-order valence-electron chi connectivity index (χ0n) is 16.0. The van der Waals surface area contributed by atoms with E-state index in [9.17, 15) is 23.1 Å². The fourth-order valence-electron chi connectivity index (χ4n) is 2.66. The van der Waals surface area contributed by atoms with Crippen molar-refractivity contribution in [3.05, 3.63) is 47.0 Å². The van der Waals surface area contributed by atoms with Crippen LogP contribution in [0.25, 0.3) is 6.08 Å². The fraction of sp³-hybridized carbons (Fsp3) is 0.316. The molecule has 0 aliphatic carbocycles. The molecular weight excluding hydrogens is 423 g/mol. The first kappa shape index (κ1) is 21.8. The van der Waals surface area contributed by atoms with Gasteiger partial charge in [-0.3, -0.25) is 0 Å². The van der Waals surface area contributed by atoms with Crippen LogP contribution >= 0.6 is 11.3 Å². The number of benzene rings is 1. The number of hydrogen-bond donors (Lipinski definition) is 1. The number of esters is 1. The van der Waals surface area contributed by atoms with E-state index in [1.807, 2.05) is 0 Å². The van der Waals surface area contributed by atoms with Gasteiger partial charge < -0.3 is 14.6 Å². The van der Waals surface area contributed by atoms with E-state index < -0.39 is 24.3 Å². The summed E-state index contributed by atoms with van der Waals surface area (Å²) < 4.78 is 50.9. The Kier molecular flexibility index (Phi) is 6.13. The van der Waals surface area contributed by atoms with Gasteiger partial charge in [0.05, 0.1) is 25.8 Å². The highest BCUT2D eigenvalue weighted by molar-refractivity contribution is 7.14. The normalized spacial score (nSPS) is 19.3. The van der Waals surface area contributed by atoms with Crippen LogP contribution in [0.4, 0.5) is 18.3 Å². The van der Waals surface area contributed by atoms with E-state index in [-0.39, 0.29) is 23.1 Å². The van der Waals surface area contributed by atoms with Crippen LogP contribution in [0.2, 0.25) is 0 Å². The molecule has 0 amide bonds. The Morgan fingerprint density at radius 3 is 2.63 bits per heavy atom. The summed E-state index contributed by atoms with van der Waals surface area (Å²) >= 11 is 0.749. The van der Waals surface area contributed by atoms with Crippen LogP contribution in [0.5, 0.6) is 5.75 Å². The van der Waals surface area contributed by atoms with Gasteiger partial charge in [-0.2, -0.15) is 23.3 Å². The smallest absolute Gasteiger partial charge is 0.438 e. The number of aliphatic hydroxyl groups is 1. The van der Waals surface area contributed by atoms with Crippen LogP contribution in [-0.4, -0.2) is 47.4 Å². The minimum absolute atomic E-state index is 0.00136. The van der Waals surface area contributed by atoms with Crippen molar-refractivity contribution in [3.63, 3.8) is 0 Å². The van der Waals surface area contributed by atoms with E-state index in [1.54, 1.807) is 37.3 Å². The second-order valence-corrected chi connectivity index (χ2v) is 7.07. The molecule has 0 spiro atoms. The van der Waals surface area contributed by atoms with Gasteiger partial charge in [0, 0.05) is 5.38 Å². The summed E-state index contributed by atoms with van der Waals surface area (Å²) in [5, 5.41) is 15.7. The second kappa shape index (κ2) is 8.44. The number of ether oxygens (including phenoxy) is 2. The molecule has 30 heavy (non-hydrogen) atoms. The molecule has 0 fully saturated rings. The van der Waals surface area contributed by atoms with Crippen molar-refractivity contribution >= 4 is 34.2 Å². The number of halogens is 3. The van der Waals surface area contributed by atoms with Crippen LogP contribution in [0.15, 0.2) is 40.8 Å². The van der Waals surface area contributed by atoms with Crippen LogP contribution in [0.3, 0.4) is 0 Å². The topological polar surface area (TPSA) is 84.2 Å². The van der Waals surface area contributed by atoms with Crippen LogP contribution in [-0.2, 0) is 4.74 Å². The summed E-state index contributed by atoms with van der Waals surface area (Å²) in [6.07, 6.45) is -2.84. The minimum Gasteiger partial charge on any atom is -0.497 e. The second-order valence-electron chi connectivity index (χ2n) is 6.24. The van der Waals surface area contributed by atoms with Crippen molar-refractivity contribution in [1.82, 2.24) is 4.98 Å². The molecule has 160 valence electrons. The molecule has 0 saturated carbocycles. The number of rotatable bonds is 6. The van der Waals surface area contributed by atoms with Gasteiger partial charge in [0.2, 0.25) is 5.13 Å². The summed E-state index contributed by atoms with van der Waals surface area (Å²) in [5.74, 6) is -0.123. The number of thiazole rings is 1. The highest BCUT2D eigenvalue weighted by Gasteiger charge is 2.62. The maximum absolute atomic E-state index is 13.7. The van der Waals surface area contributed by atoms with Crippen LogP contribution in [0, 0.1) is 0 Å². The number of hydrazone groups is 1. The molecule has 11 heteroatoms. The molecular formula is C19H18F3N3O4S. The summed E-state index contributed by atoms with van der Waals surface area (Å²) in [7, 11) is 1.52. The van der Waals surface area contributed by atoms with E-state index in [4.69, 9.17) is 9.47 Å². The maximum atomic E-state index is 13.7.